The lowest BCUT2D eigenvalue weighted by atomic mass is 10.0. The SMILES string of the molecule is N#C/C(=C\c1ccc(N(c2ccccc2)c2ccc(-c3ccc(N(c4ccccc4)c4ccccc4)cc3)cc2)cc1)S(=O)(=O)O. The second-order valence-electron chi connectivity index (χ2n) is 10.5. The van der Waals surface area contributed by atoms with E-state index in [1.54, 1.807) is 12.1 Å². The fourth-order valence-electron chi connectivity index (χ4n) is 5.27. The van der Waals surface area contributed by atoms with Crippen molar-refractivity contribution >= 4 is 50.3 Å². The predicted octanol–water partition coefficient (Wildman–Crippen LogP) is 10.0. The molecule has 0 bridgehead atoms. The van der Waals surface area contributed by atoms with Gasteiger partial charge in [-0.25, -0.2) is 0 Å². The Kier molecular flexibility index (Phi) is 8.75. The first-order valence-electron chi connectivity index (χ1n) is 14.6. The smallest absolute Gasteiger partial charge is 0.304 e. The minimum atomic E-state index is -4.60. The molecular formula is C39H29N3O3S. The molecule has 46 heavy (non-hydrogen) atoms. The van der Waals surface area contributed by atoms with E-state index >= 15 is 0 Å². The molecule has 0 aromatic heterocycles. The summed E-state index contributed by atoms with van der Waals surface area (Å²) < 4.78 is 32.2. The number of rotatable bonds is 9. The summed E-state index contributed by atoms with van der Waals surface area (Å²) in [5.74, 6) is 0. The van der Waals surface area contributed by atoms with Crippen LogP contribution in [0.3, 0.4) is 0 Å². The second-order valence-corrected chi connectivity index (χ2v) is 11.8. The Hall–Kier alpha value is -5.94. The highest BCUT2D eigenvalue weighted by molar-refractivity contribution is 7.90. The van der Waals surface area contributed by atoms with Crippen molar-refractivity contribution < 1.29 is 13.0 Å². The van der Waals surface area contributed by atoms with Gasteiger partial charge in [0.15, 0.2) is 4.91 Å². The van der Waals surface area contributed by atoms with Crippen molar-refractivity contribution in [1.29, 1.82) is 5.26 Å². The van der Waals surface area contributed by atoms with Crippen LogP contribution in [0, 0.1) is 11.3 Å². The zero-order valence-electron chi connectivity index (χ0n) is 24.7. The summed E-state index contributed by atoms with van der Waals surface area (Å²) >= 11 is 0. The van der Waals surface area contributed by atoms with E-state index in [1.807, 2.05) is 78.9 Å². The number of anilines is 6. The Balaban J connectivity index is 1.30. The van der Waals surface area contributed by atoms with Gasteiger partial charge in [-0.15, -0.1) is 0 Å². The highest BCUT2D eigenvalue weighted by atomic mass is 32.2. The van der Waals surface area contributed by atoms with Gasteiger partial charge in [-0.3, -0.25) is 4.55 Å². The van der Waals surface area contributed by atoms with Gasteiger partial charge >= 0.3 is 10.1 Å². The van der Waals surface area contributed by atoms with Crippen LogP contribution in [0.4, 0.5) is 34.1 Å². The topological polar surface area (TPSA) is 84.6 Å². The Morgan fingerprint density at radius 1 is 0.500 bits per heavy atom. The van der Waals surface area contributed by atoms with E-state index in [-0.39, 0.29) is 0 Å². The number of allylic oxidation sites excluding steroid dienone is 1. The third-order valence-electron chi connectivity index (χ3n) is 7.46. The first-order chi connectivity index (χ1) is 22.4. The largest absolute Gasteiger partial charge is 0.311 e. The van der Waals surface area contributed by atoms with Gasteiger partial charge in [-0.1, -0.05) is 91.0 Å². The van der Waals surface area contributed by atoms with Crippen molar-refractivity contribution in [1.82, 2.24) is 0 Å². The number of para-hydroxylation sites is 3. The first-order valence-corrected chi connectivity index (χ1v) is 16.0. The molecule has 0 saturated carbocycles. The number of benzene rings is 6. The predicted molar refractivity (Wildman–Crippen MR) is 186 cm³/mol. The Morgan fingerprint density at radius 2 is 0.804 bits per heavy atom. The lowest BCUT2D eigenvalue weighted by molar-refractivity contribution is 0.492. The molecule has 0 aliphatic heterocycles. The standard InChI is InChI=1S/C39H29N3O3S/c40-29-39(46(43,44)45)28-30-16-22-36(23-17-30)42(35-14-8-3-9-15-35)38-26-20-32(21-27-38)31-18-24-37(25-19-31)41(33-10-4-1-5-11-33)34-12-6-2-7-13-34/h1-28H,(H,43,44,45)/b39-28+. The summed E-state index contributed by atoms with van der Waals surface area (Å²) in [4.78, 5) is 3.61. The summed E-state index contributed by atoms with van der Waals surface area (Å²) in [6.07, 6.45) is 1.14. The molecule has 7 heteroatoms. The van der Waals surface area contributed by atoms with E-state index in [0.29, 0.717) is 5.56 Å². The molecule has 0 heterocycles. The highest BCUT2D eigenvalue weighted by Gasteiger charge is 2.16. The molecule has 0 atom stereocenters. The monoisotopic (exact) mass is 619 g/mol. The van der Waals surface area contributed by atoms with E-state index in [0.717, 1.165) is 51.3 Å². The first kappa shape index (κ1) is 30.1. The van der Waals surface area contributed by atoms with Crippen LogP contribution in [0.25, 0.3) is 17.2 Å². The molecule has 0 amide bonds. The van der Waals surface area contributed by atoms with Crippen molar-refractivity contribution in [3.05, 3.63) is 174 Å². The number of hydrogen-bond donors (Lipinski definition) is 1. The van der Waals surface area contributed by atoms with Gasteiger partial charge in [0.25, 0.3) is 0 Å². The third kappa shape index (κ3) is 6.74. The maximum Gasteiger partial charge on any atom is 0.304 e. The Bertz CT molecular complexity index is 2050. The van der Waals surface area contributed by atoms with E-state index in [2.05, 4.69) is 82.6 Å². The molecule has 6 aromatic carbocycles. The van der Waals surface area contributed by atoms with E-state index < -0.39 is 15.0 Å². The summed E-state index contributed by atoms with van der Waals surface area (Å²) in [6.45, 7) is 0. The average Bonchev–Trinajstić information content (AvgIpc) is 3.10. The quantitative estimate of drug-likeness (QED) is 0.128. The van der Waals surface area contributed by atoms with E-state index in [4.69, 9.17) is 5.26 Å². The van der Waals surface area contributed by atoms with Crippen LogP contribution in [0.2, 0.25) is 0 Å². The highest BCUT2D eigenvalue weighted by Crippen LogP contribution is 2.38. The summed E-state index contributed by atoms with van der Waals surface area (Å²) in [5, 5.41) is 9.13. The van der Waals surface area contributed by atoms with Gasteiger partial charge in [0.2, 0.25) is 0 Å². The summed E-state index contributed by atoms with van der Waals surface area (Å²) in [7, 11) is -4.60. The maximum absolute atomic E-state index is 11.5. The van der Waals surface area contributed by atoms with E-state index in [9.17, 15) is 13.0 Å². The van der Waals surface area contributed by atoms with Crippen molar-refractivity contribution in [2.24, 2.45) is 0 Å². The van der Waals surface area contributed by atoms with Crippen molar-refractivity contribution in [3.8, 4) is 17.2 Å². The van der Waals surface area contributed by atoms with Crippen LogP contribution in [0.5, 0.6) is 0 Å². The molecular weight excluding hydrogens is 591 g/mol. The lowest BCUT2D eigenvalue weighted by Gasteiger charge is -2.26. The zero-order chi connectivity index (χ0) is 31.9. The number of nitriles is 1. The van der Waals surface area contributed by atoms with Gasteiger partial charge in [0, 0.05) is 34.1 Å². The maximum atomic E-state index is 11.5. The molecule has 0 spiro atoms. The lowest BCUT2D eigenvalue weighted by Crippen LogP contribution is -2.10. The van der Waals surface area contributed by atoms with Gasteiger partial charge in [-0.2, -0.15) is 13.7 Å². The van der Waals surface area contributed by atoms with Gasteiger partial charge in [0.1, 0.15) is 6.07 Å². The average molecular weight is 620 g/mol. The van der Waals surface area contributed by atoms with Crippen LogP contribution < -0.4 is 9.80 Å². The molecule has 1 N–H and O–H groups in total. The molecule has 0 radical (unpaired) electrons. The number of hydrogen-bond acceptors (Lipinski definition) is 5. The molecule has 224 valence electrons. The van der Waals surface area contributed by atoms with Crippen LogP contribution in [-0.4, -0.2) is 13.0 Å². The fourth-order valence-corrected chi connectivity index (χ4v) is 5.67. The minimum Gasteiger partial charge on any atom is -0.311 e. The minimum absolute atomic E-state index is 0.475. The molecule has 0 unspecified atom stereocenters. The Labute approximate surface area is 269 Å². The van der Waals surface area contributed by atoms with Crippen LogP contribution in [-0.2, 0) is 10.1 Å². The number of nitrogens with zero attached hydrogens (tertiary/aromatic N) is 3. The summed E-state index contributed by atoms with van der Waals surface area (Å²) in [6, 6.07) is 56.0. The van der Waals surface area contributed by atoms with Crippen LogP contribution in [0.15, 0.2) is 169 Å². The van der Waals surface area contributed by atoms with Crippen LogP contribution >= 0.6 is 0 Å². The molecule has 6 rings (SSSR count). The van der Waals surface area contributed by atoms with Gasteiger partial charge < -0.3 is 9.80 Å². The van der Waals surface area contributed by atoms with Gasteiger partial charge in [0.05, 0.1) is 0 Å². The van der Waals surface area contributed by atoms with Crippen molar-refractivity contribution in [3.63, 3.8) is 0 Å². The van der Waals surface area contributed by atoms with Crippen LogP contribution in [0.1, 0.15) is 5.56 Å². The third-order valence-corrected chi connectivity index (χ3v) is 8.23. The molecule has 6 aromatic rings. The normalized spacial score (nSPS) is 11.4. The molecule has 0 saturated heterocycles. The van der Waals surface area contributed by atoms with Gasteiger partial charge in [-0.05, 0) is 95.6 Å². The second kappa shape index (κ2) is 13.4. The molecule has 6 nitrogen and oxygen atoms in total. The molecule has 0 fully saturated rings. The summed E-state index contributed by atoms with van der Waals surface area (Å²) in [5.41, 5.74) is 8.58. The zero-order valence-corrected chi connectivity index (χ0v) is 25.5. The fraction of sp³-hybridized carbons (Fsp3) is 0. The van der Waals surface area contributed by atoms with Crippen molar-refractivity contribution in [2.45, 2.75) is 0 Å². The van der Waals surface area contributed by atoms with Crippen molar-refractivity contribution in [2.75, 3.05) is 9.80 Å². The molecule has 0 aliphatic carbocycles. The Morgan fingerprint density at radius 3 is 1.11 bits per heavy atom. The molecule has 0 aliphatic rings. The van der Waals surface area contributed by atoms with E-state index in [1.165, 1.54) is 6.07 Å².